The minimum absolute atomic E-state index is 0.00675. The summed E-state index contributed by atoms with van der Waals surface area (Å²) < 4.78 is 5.41. The number of ether oxygens (including phenoxy) is 1. The van der Waals surface area contributed by atoms with Gasteiger partial charge in [-0.3, -0.25) is 4.79 Å². The van der Waals surface area contributed by atoms with Crippen molar-refractivity contribution in [2.24, 2.45) is 0 Å². The SMILES string of the molecule is COc1ccccc1C=C(C(=O)c1ccccc1)c1ccccc1. The Balaban J connectivity index is 2.13. The van der Waals surface area contributed by atoms with Crippen LogP contribution in [0.3, 0.4) is 0 Å². The number of para-hydroxylation sites is 1. The van der Waals surface area contributed by atoms with Crippen LogP contribution < -0.4 is 4.74 Å². The summed E-state index contributed by atoms with van der Waals surface area (Å²) in [6, 6.07) is 26.7. The van der Waals surface area contributed by atoms with Crippen LogP contribution in [-0.4, -0.2) is 12.9 Å². The second-order valence-electron chi connectivity index (χ2n) is 5.36. The van der Waals surface area contributed by atoms with Gasteiger partial charge < -0.3 is 4.74 Å². The van der Waals surface area contributed by atoms with Crippen molar-refractivity contribution in [3.05, 3.63) is 102 Å². The Bertz CT molecular complexity index is 849. The molecule has 0 saturated carbocycles. The van der Waals surface area contributed by atoms with E-state index in [1.807, 2.05) is 91.0 Å². The normalized spacial score (nSPS) is 11.1. The van der Waals surface area contributed by atoms with Crippen LogP contribution in [0.5, 0.6) is 5.75 Å². The molecule has 0 heterocycles. The summed E-state index contributed by atoms with van der Waals surface area (Å²) in [4.78, 5) is 13.0. The van der Waals surface area contributed by atoms with Crippen molar-refractivity contribution in [3.8, 4) is 5.75 Å². The summed E-state index contributed by atoms with van der Waals surface area (Å²) in [5.74, 6) is 0.736. The summed E-state index contributed by atoms with van der Waals surface area (Å²) in [6.07, 6.45) is 1.89. The molecule has 0 atom stereocenters. The first-order chi connectivity index (χ1) is 11.8. The average Bonchev–Trinajstić information content (AvgIpc) is 2.67. The number of hydrogen-bond acceptors (Lipinski definition) is 2. The minimum atomic E-state index is -0.00675. The van der Waals surface area contributed by atoms with Crippen molar-refractivity contribution in [1.82, 2.24) is 0 Å². The molecule has 0 N–H and O–H groups in total. The fourth-order valence-corrected chi connectivity index (χ4v) is 2.58. The first-order valence-electron chi connectivity index (χ1n) is 7.79. The largest absolute Gasteiger partial charge is 0.496 e. The van der Waals surface area contributed by atoms with E-state index in [-0.39, 0.29) is 5.78 Å². The molecule has 3 aromatic rings. The predicted octanol–water partition coefficient (Wildman–Crippen LogP) is 5.12. The number of carbonyl (C=O) groups is 1. The summed E-state index contributed by atoms with van der Waals surface area (Å²) >= 11 is 0. The zero-order valence-corrected chi connectivity index (χ0v) is 13.5. The molecule has 0 aromatic heterocycles. The number of ketones is 1. The van der Waals surface area contributed by atoms with E-state index in [2.05, 4.69) is 0 Å². The molecule has 0 aliphatic carbocycles. The van der Waals surface area contributed by atoms with Gasteiger partial charge in [-0.15, -0.1) is 0 Å². The lowest BCUT2D eigenvalue weighted by atomic mass is 9.94. The minimum Gasteiger partial charge on any atom is -0.496 e. The van der Waals surface area contributed by atoms with Gasteiger partial charge in [-0.05, 0) is 17.7 Å². The van der Waals surface area contributed by atoms with Crippen molar-refractivity contribution < 1.29 is 9.53 Å². The number of benzene rings is 3. The first kappa shape index (κ1) is 15.8. The van der Waals surface area contributed by atoms with Gasteiger partial charge in [-0.2, -0.15) is 0 Å². The van der Waals surface area contributed by atoms with Crippen LogP contribution in [0.15, 0.2) is 84.9 Å². The molecule has 0 spiro atoms. The molecule has 0 fully saturated rings. The molecule has 0 saturated heterocycles. The molecule has 0 aliphatic rings. The van der Waals surface area contributed by atoms with Crippen LogP contribution in [-0.2, 0) is 0 Å². The molecular formula is C22H18O2. The molecule has 3 rings (SSSR count). The van der Waals surface area contributed by atoms with E-state index in [0.717, 1.165) is 16.9 Å². The second kappa shape index (κ2) is 7.42. The van der Waals surface area contributed by atoms with Crippen molar-refractivity contribution >= 4 is 17.4 Å². The molecule has 0 amide bonds. The Kier molecular flexibility index (Phi) is 4.87. The Labute approximate surface area is 142 Å². The lowest BCUT2D eigenvalue weighted by Gasteiger charge is -2.10. The van der Waals surface area contributed by atoms with Gasteiger partial charge in [0, 0.05) is 16.7 Å². The van der Waals surface area contributed by atoms with E-state index in [1.165, 1.54) is 0 Å². The van der Waals surface area contributed by atoms with Crippen LogP contribution >= 0.6 is 0 Å². The molecule has 2 nitrogen and oxygen atoms in total. The monoisotopic (exact) mass is 314 g/mol. The van der Waals surface area contributed by atoms with Crippen LogP contribution in [0.2, 0.25) is 0 Å². The highest BCUT2D eigenvalue weighted by Gasteiger charge is 2.15. The summed E-state index contributed by atoms with van der Waals surface area (Å²) in [7, 11) is 1.63. The average molecular weight is 314 g/mol. The van der Waals surface area contributed by atoms with Gasteiger partial charge in [-0.1, -0.05) is 78.9 Å². The third-order valence-corrected chi connectivity index (χ3v) is 3.80. The van der Waals surface area contributed by atoms with Gasteiger partial charge in [0.2, 0.25) is 0 Å². The molecule has 0 bridgehead atoms. The lowest BCUT2D eigenvalue weighted by molar-refractivity contribution is 0.105. The zero-order valence-electron chi connectivity index (χ0n) is 13.5. The van der Waals surface area contributed by atoms with E-state index < -0.39 is 0 Å². The molecule has 24 heavy (non-hydrogen) atoms. The maximum absolute atomic E-state index is 13.0. The highest BCUT2D eigenvalue weighted by atomic mass is 16.5. The van der Waals surface area contributed by atoms with Gasteiger partial charge in [0.1, 0.15) is 5.75 Å². The number of rotatable bonds is 5. The van der Waals surface area contributed by atoms with E-state index in [9.17, 15) is 4.79 Å². The number of carbonyl (C=O) groups excluding carboxylic acids is 1. The Hall–Kier alpha value is -3.13. The Morgan fingerprint density at radius 3 is 1.92 bits per heavy atom. The van der Waals surface area contributed by atoms with Crippen LogP contribution in [0.4, 0.5) is 0 Å². The molecule has 0 unspecified atom stereocenters. The van der Waals surface area contributed by atoms with Crippen LogP contribution in [0.25, 0.3) is 11.6 Å². The third kappa shape index (κ3) is 3.44. The predicted molar refractivity (Wildman–Crippen MR) is 98.1 cm³/mol. The van der Waals surface area contributed by atoms with Gasteiger partial charge >= 0.3 is 0 Å². The topological polar surface area (TPSA) is 26.3 Å². The number of Topliss-reactive ketones (excluding diaryl/α,β-unsaturated/α-hetero) is 1. The maximum atomic E-state index is 13.0. The fourth-order valence-electron chi connectivity index (χ4n) is 2.58. The Morgan fingerprint density at radius 2 is 1.29 bits per heavy atom. The first-order valence-corrected chi connectivity index (χ1v) is 7.79. The molecule has 2 heteroatoms. The van der Waals surface area contributed by atoms with E-state index >= 15 is 0 Å². The Morgan fingerprint density at radius 1 is 0.750 bits per heavy atom. The third-order valence-electron chi connectivity index (χ3n) is 3.80. The van der Waals surface area contributed by atoms with Crippen molar-refractivity contribution in [2.75, 3.05) is 7.11 Å². The molecule has 0 aliphatic heterocycles. The van der Waals surface area contributed by atoms with Crippen LogP contribution in [0.1, 0.15) is 21.5 Å². The van der Waals surface area contributed by atoms with Gasteiger partial charge in [0.15, 0.2) is 5.78 Å². The van der Waals surface area contributed by atoms with Gasteiger partial charge in [0.25, 0.3) is 0 Å². The smallest absolute Gasteiger partial charge is 0.193 e. The van der Waals surface area contributed by atoms with Crippen LogP contribution in [0, 0.1) is 0 Å². The van der Waals surface area contributed by atoms with Crippen molar-refractivity contribution in [2.45, 2.75) is 0 Å². The number of hydrogen-bond donors (Lipinski definition) is 0. The summed E-state index contributed by atoms with van der Waals surface area (Å²) in [5, 5.41) is 0. The van der Waals surface area contributed by atoms with E-state index in [4.69, 9.17) is 4.74 Å². The fraction of sp³-hybridized carbons (Fsp3) is 0.0455. The van der Waals surface area contributed by atoms with E-state index in [1.54, 1.807) is 7.11 Å². The molecule has 3 aromatic carbocycles. The van der Waals surface area contributed by atoms with Gasteiger partial charge in [0.05, 0.1) is 7.11 Å². The standard InChI is InChI=1S/C22H18O2/c1-24-21-15-9-8-14-19(21)16-20(17-10-4-2-5-11-17)22(23)18-12-6-3-7-13-18/h2-16H,1H3. The maximum Gasteiger partial charge on any atom is 0.193 e. The van der Waals surface area contributed by atoms with Crippen molar-refractivity contribution in [3.63, 3.8) is 0 Å². The lowest BCUT2D eigenvalue weighted by Crippen LogP contribution is -2.03. The zero-order chi connectivity index (χ0) is 16.8. The van der Waals surface area contributed by atoms with Gasteiger partial charge in [-0.25, -0.2) is 0 Å². The second-order valence-corrected chi connectivity index (χ2v) is 5.36. The highest BCUT2D eigenvalue weighted by Crippen LogP contribution is 2.27. The number of allylic oxidation sites excluding steroid dienone is 1. The van der Waals surface area contributed by atoms with Crippen molar-refractivity contribution in [1.29, 1.82) is 0 Å². The highest BCUT2D eigenvalue weighted by molar-refractivity contribution is 6.32. The molecule has 118 valence electrons. The quantitative estimate of drug-likeness (QED) is 0.371. The molecular weight excluding hydrogens is 296 g/mol. The number of methoxy groups -OCH3 is 1. The summed E-state index contributed by atoms with van der Waals surface area (Å²) in [5.41, 5.74) is 3.08. The van der Waals surface area contributed by atoms with E-state index in [0.29, 0.717) is 11.1 Å². The molecule has 0 radical (unpaired) electrons. The summed E-state index contributed by atoms with van der Waals surface area (Å²) in [6.45, 7) is 0.